The monoisotopic (exact) mass is 299 g/mol. The van der Waals surface area contributed by atoms with Crippen LogP contribution in [0.3, 0.4) is 0 Å². The van der Waals surface area contributed by atoms with Crippen LogP contribution in [-0.4, -0.2) is 18.0 Å². The Balaban J connectivity index is 2.00. The number of rotatable bonds is 4. The molecule has 0 spiro atoms. The van der Waals surface area contributed by atoms with E-state index in [0.29, 0.717) is 11.5 Å². The third-order valence-corrected chi connectivity index (χ3v) is 4.30. The summed E-state index contributed by atoms with van der Waals surface area (Å²) in [4.78, 5) is 4.17. The van der Waals surface area contributed by atoms with Gasteiger partial charge in [0.15, 0.2) is 5.03 Å². The number of nitrogens with one attached hydrogen (secondary N) is 1. The van der Waals surface area contributed by atoms with Gasteiger partial charge >= 0.3 is 0 Å². The van der Waals surface area contributed by atoms with Gasteiger partial charge in [0.1, 0.15) is 5.82 Å². The Hall–Kier alpha value is -2.60. The Morgan fingerprint density at radius 2 is 1.67 bits per heavy atom. The fraction of sp³-hybridized carbons (Fsp3) is 0. The lowest BCUT2D eigenvalue weighted by Gasteiger charge is -2.11. The molecule has 3 rings (SSSR count). The highest BCUT2D eigenvalue weighted by Crippen LogP contribution is 2.19. The van der Waals surface area contributed by atoms with Crippen LogP contribution >= 0.6 is 0 Å². The topological polar surface area (TPSA) is 64.0 Å². The van der Waals surface area contributed by atoms with Crippen molar-refractivity contribution >= 4 is 15.7 Å². The van der Waals surface area contributed by atoms with Gasteiger partial charge in [-0.05, 0) is 36.4 Å². The summed E-state index contributed by atoms with van der Waals surface area (Å²) in [6.07, 6.45) is 3.29. The summed E-state index contributed by atoms with van der Waals surface area (Å²) in [5, 5.41) is 0.144. The molecule has 106 valence electrons. The van der Waals surface area contributed by atoms with Crippen molar-refractivity contribution in [1.29, 1.82) is 0 Å². The molecule has 0 amide bonds. The number of nitrogens with zero attached hydrogens (tertiary/aromatic N) is 2. The van der Waals surface area contributed by atoms with Gasteiger partial charge in [0.25, 0.3) is 10.0 Å². The fourth-order valence-electron chi connectivity index (χ4n) is 1.98. The van der Waals surface area contributed by atoms with E-state index in [1.165, 1.54) is 4.57 Å². The van der Waals surface area contributed by atoms with Crippen molar-refractivity contribution in [3.63, 3.8) is 0 Å². The smallest absolute Gasteiger partial charge is 0.277 e. The van der Waals surface area contributed by atoms with Crippen molar-refractivity contribution < 1.29 is 8.42 Å². The molecule has 0 aliphatic carbocycles. The highest BCUT2D eigenvalue weighted by atomic mass is 32.2. The summed E-state index contributed by atoms with van der Waals surface area (Å²) in [5.41, 5.74) is 0.520. The molecule has 0 fully saturated rings. The van der Waals surface area contributed by atoms with Gasteiger partial charge in [-0.1, -0.05) is 24.3 Å². The van der Waals surface area contributed by atoms with Crippen molar-refractivity contribution in [2.45, 2.75) is 5.03 Å². The van der Waals surface area contributed by atoms with Gasteiger partial charge in [0, 0.05) is 18.1 Å². The summed E-state index contributed by atoms with van der Waals surface area (Å²) in [5.74, 6) is 0.552. The first-order valence-corrected chi connectivity index (χ1v) is 7.82. The van der Waals surface area contributed by atoms with Gasteiger partial charge in [0.05, 0.1) is 0 Å². The number of hydrogen-bond acceptors (Lipinski definition) is 3. The van der Waals surface area contributed by atoms with Crippen LogP contribution in [0.2, 0.25) is 0 Å². The zero-order valence-corrected chi connectivity index (χ0v) is 11.9. The van der Waals surface area contributed by atoms with Crippen LogP contribution in [0.15, 0.2) is 78.1 Å². The van der Waals surface area contributed by atoms with E-state index >= 15 is 0 Å². The van der Waals surface area contributed by atoms with Crippen molar-refractivity contribution in [1.82, 2.24) is 9.55 Å². The molecule has 1 aromatic carbocycles. The maximum Gasteiger partial charge on any atom is 0.277 e. The molecular formula is C15H13N3O2S. The van der Waals surface area contributed by atoms with Crippen LogP contribution in [0.25, 0.3) is 5.82 Å². The third kappa shape index (κ3) is 2.80. The number of para-hydroxylation sites is 1. The Labute approximate surface area is 122 Å². The second kappa shape index (κ2) is 5.41. The standard InChI is InChI=1S/C15H13N3O2S/c19-21(20,17-13-7-2-1-3-8-13)15-10-6-12-18(15)14-9-4-5-11-16-14/h1-12,17H. The first-order valence-electron chi connectivity index (χ1n) is 6.33. The van der Waals surface area contributed by atoms with Crippen LogP contribution in [0.1, 0.15) is 0 Å². The fourth-order valence-corrected chi connectivity index (χ4v) is 3.21. The summed E-state index contributed by atoms with van der Waals surface area (Å²) in [6.45, 7) is 0. The molecule has 6 heteroatoms. The summed E-state index contributed by atoms with van der Waals surface area (Å²) < 4.78 is 29.1. The number of anilines is 1. The lowest BCUT2D eigenvalue weighted by molar-refractivity contribution is 0.594. The highest BCUT2D eigenvalue weighted by Gasteiger charge is 2.19. The van der Waals surface area contributed by atoms with E-state index in [1.807, 2.05) is 12.1 Å². The Morgan fingerprint density at radius 3 is 2.38 bits per heavy atom. The second-order valence-corrected chi connectivity index (χ2v) is 6.01. The molecule has 0 bridgehead atoms. The zero-order chi connectivity index (χ0) is 14.7. The molecule has 1 N–H and O–H groups in total. The van der Waals surface area contributed by atoms with Gasteiger partial charge in [-0.25, -0.2) is 4.98 Å². The minimum atomic E-state index is -3.68. The summed E-state index contributed by atoms with van der Waals surface area (Å²) in [6, 6.07) is 17.3. The summed E-state index contributed by atoms with van der Waals surface area (Å²) in [7, 11) is -3.68. The lowest BCUT2D eigenvalue weighted by atomic mass is 10.3. The van der Waals surface area contributed by atoms with Gasteiger partial charge in [-0.15, -0.1) is 0 Å². The first kappa shape index (κ1) is 13.4. The molecule has 0 aliphatic heterocycles. The Bertz CT molecular complexity index is 828. The quantitative estimate of drug-likeness (QED) is 0.805. The first-order chi connectivity index (χ1) is 10.2. The van der Waals surface area contributed by atoms with Crippen LogP contribution in [0.5, 0.6) is 0 Å². The largest absolute Gasteiger partial charge is 0.290 e. The third-order valence-electron chi connectivity index (χ3n) is 2.91. The molecule has 5 nitrogen and oxygen atoms in total. The number of sulfonamides is 1. The predicted molar refractivity (Wildman–Crippen MR) is 80.8 cm³/mol. The van der Waals surface area contributed by atoms with Crippen molar-refractivity contribution in [3.05, 3.63) is 73.1 Å². The average molecular weight is 299 g/mol. The van der Waals surface area contributed by atoms with Gasteiger partial charge in [0.2, 0.25) is 0 Å². The van der Waals surface area contributed by atoms with E-state index in [-0.39, 0.29) is 5.03 Å². The molecule has 0 atom stereocenters. The predicted octanol–water partition coefficient (Wildman–Crippen LogP) is 2.67. The maximum atomic E-state index is 12.5. The molecule has 3 aromatic rings. The Kier molecular flexibility index (Phi) is 3.45. The molecule has 2 aromatic heterocycles. The molecule has 0 aliphatic rings. The second-order valence-electron chi connectivity index (χ2n) is 4.38. The summed E-state index contributed by atoms with van der Waals surface area (Å²) >= 11 is 0. The average Bonchev–Trinajstić information content (AvgIpc) is 2.99. The van der Waals surface area contributed by atoms with E-state index in [0.717, 1.165) is 0 Å². The highest BCUT2D eigenvalue weighted by molar-refractivity contribution is 7.92. The molecule has 21 heavy (non-hydrogen) atoms. The molecule has 2 heterocycles. The van der Waals surface area contributed by atoms with Crippen molar-refractivity contribution in [3.8, 4) is 5.82 Å². The number of hydrogen-bond donors (Lipinski definition) is 1. The molecule has 0 saturated carbocycles. The van der Waals surface area contributed by atoms with Crippen molar-refractivity contribution in [2.24, 2.45) is 0 Å². The van der Waals surface area contributed by atoms with Gasteiger partial charge in [-0.2, -0.15) is 8.42 Å². The SMILES string of the molecule is O=S(=O)(Nc1ccccc1)c1cccn1-c1ccccn1. The van der Waals surface area contributed by atoms with Gasteiger partial charge in [-0.3, -0.25) is 9.29 Å². The molecule has 0 saturated heterocycles. The maximum absolute atomic E-state index is 12.5. The van der Waals surface area contributed by atoms with Gasteiger partial charge < -0.3 is 0 Å². The number of aromatic nitrogens is 2. The molecular weight excluding hydrogens is 286 g/mol. The zero-order valence-electron chi connectivity index (χ0n) is 11.0. The minimum absolute atomic E-state index is 0.144. The Morgan fingerprint density at radius 1 is 0.905 bits per heavy atom. The lowest BCUT2D eigenvalue weighted by Crippen LogP contribution is -2.16. The van der Waals surface area contributed by atoms with E-state index in [1.54, 1.807) is 60.9 Å². The van der Waals surface area contributed by atoms with Crippen LogP contribution < -0.4 is 4.72 Å². The van der Waals surface area contributed by atoms with Crippen molar-refractivity contribution in [2.75, 3.05) is 4.72 Å². The van der Waals surface area contributed by atoms with Crippen LogP contribution in [-0.2, 0) is 10.0 Å². The molecule has 0 unspecified atom stereocenters. The molecule has 0 radical (unpaired) electrons. The minimum Gasteiger partial charge on any atom is -0.290 e. The normalized spacial score (nSPS) is 11.2. The van der Waals surface area contributed by atoms with E-state index < -0.39 is 10.0 Å². The van der Waals surface area contributed by atoms with E-state index in [9.17, 15) is 8.42 Å². The van der Waals surface area contributed by atoms with E-state index in [2.05, 4.69) is 9.71 Å². The van der Waals surface area contributed by atoms with Crippen LogP contribution in [0.4, 0.5) is 5.69 Å². The van der Waals surface area contributed by atoms with Crippen LogP contribution in [0, 0.1) is 0 Å². The van der Waals surface area contributed by atoms with E-state index in [4.69, 9.17) is 0 Å². The number of benzene rings is 1. The number of pyridine rings is 1.